The molecule has 3 aromatic carbocycles. The lowest BCUT2D eigenvalue weighted by Gasteiger charge is -2.13. The Morgan fingerprint density at radius 2 is 1.81 bits per heavy atom. The number of rotatable bonds is 6. The average molecular weight is 415 g/mol. The number of methoxy groups -OCH3 is 1. The van der Waals surface area contributed by atoms with Crippen molar-refractivity contribution in [1.29, 1.82) is 0 Å². The Balaban J connectivity index is 1.62. The van der Waals surface area contributed by atoms with Gasteiger partial charge in [0.15, 0.2) is 0 Å². The van der Waals surface area contributed by atoms with Crippen molar-refractivity contribution in [3.8, 4) is 34.3 Å². The number of nitrogen functional groups attached to an aromatic ring is 1. The second-order valence-corrected chi connectivity index (χ2v) is 7.53. The van der Waals surface area contributed by atoms with Crippen molar-refractivity contribution in [1.82, 2.24) is 10.1 Å². The van der Waals surface area contributed by atoms with Gasteiger partial charge in [-0.1, -0.05) is 29.4 Å². The molecule has 0 spiro atoms. The molecule has 0 saturated heterocycles. The predicted octanol–water partition coefficient (Wildman–Crippen LogP) is 5.50. The van der Waals surface area contributed by atoms with Gasteiger partial charge < -0.3 is 19.7 Å². The van der Waals surface area contributed by atoms with E-state index in [-0.39, 0.29) is 0 Å². The van der Waals surface area contributed by atoms with Gasteiger partial charge in [0, 0.05) is 22.4 Å². The van der Waals surface area contributed by atoms with Crippen molar-refractivity contribution < 1.29 is 14.0 Å². The van der Waals surface area contributed by atoms with Crippen LogP contribution < -0.4 is 15.2 Å². The summed E-state index contributed by atoms with van der Waals surface area (Å²) in [7, 11) is 1.64. The maximum atomic E-state index is 6.08. The van der Waals surface area contributed by atoms with Gasteiger partial charge in [0.2, 0.25) is 5.82 Å². The van der Waals surface area contributed by atoms with Crippen LogP contribution in [0.3, 0.4) is 0 Å². The van der Waals surface area contributed by atoms with Crippen molar-refractivity contribution >= 4 is 5.69 Å². The molecule has 0 bridgehead atoms. The topological polar surface area (TPSA) is 83.4 Å². The minimum Gasteiger partial charge on any atom is -0.496 e. The quantitative estimate of drug-likeness (QED) is 0.419. The van der Waals surface area contributed by atoms with Crippen LogP contribution in [0.5, 0.6) is 11.5 Å². The Morgan fingerprint density at radius 1 is 0.968 bits per heavy atom. The van der Waals surface area contributed by atoms with Gasteiger partial charge in [0.1, 0.15) is 18.1 Å². The van der Waals surface area contributed by atoms with Crippen LogP contribution in [-0.4, -0.2) is 17.3 Å². The highest BCUT2D eigenvalue weighted by molar-refractivity contribution is 5.69. The summed E-state index contributed by atoms with van der Waals surface area (Å²) in [6.45, 7) is 6.37. The Labute approximate surface area is 181 Å². The number of ether oxygens (including phenoxy) is 2. The smallest absolute Gasteiger partial charge is 0.258 e. The molecule has 0 unspecified atom stereocenters. The Kier molecular flexibility index (Phi) is 5.62. The lowest BCUT2D eigenvalue weighted by Crippen LogP contribution is -2.00. The molecule has 1 heterocycles. The zero-order valence-corrected chi connectivity index (χ0v) is 18.1. The van der Waals surface area contributed by atoms with E-state index < -0.39 is 0 Å². The highest BCUT2D eigenvalue weighted by Gasteiger charge is 2.15. The molecule has 0 atom stereocenters. The average Bonchev–Trinajstić information content (AvgIpc) is 3.26. The molecule has 0 fully saturated rings. The van der Waals surface area contributed by atoms with Gasteiger partial charge in [-0.15, -0.1) is 0 Å². The molecular formula is C25H25N3O3. The molecule has 4 aromatic rings. The number of hydrogen-bond donors (Lipinski definition) is 1. The number of benzene rings is 3. The van der Waals surface area contributed by atoms with Crippen LogP contribution in [0.2, 0.25) is 0 Å². The molecule has 0 radical (unpaired) electrons. The van der Waals surface area contributed by atoms with Crippen molar-refractivity contribution in [2.75, 3.05) is 12.8 Å². The fraction of sp³-hybridized carbons (Fsp3) is 0.200. The number of hydrogen-bond acceptors (Lipinski definition) is 6. The number of anilines is 1. The molecule has 0 aliphatic carbocycles. The van der Waals surface area contributed by atoms with Crippen LogP contribution >= 0.6 is 0 Å². The summed E-state index contributed by atoms with van der Waals surface area (Å²) in [6.07, 6.45) is 0. The second-order valence-electron chi connectivity index (χ2n) is 7.53. The van der Waals surface area contributed by atoms with Crippen molar-refractivity contribution in [2.24, 2.45) is 0 Å². The zero-order chi connectivity index (χ0) is 22.0. The first-order chi connectivity index (χ1) is 15.0. The van der Waals surface area contributed by atoms with Crippen LogP contribution in [0.15, 0.2) is 59.1 Å². The number of aryl methyl sites for hydroxylation is 2. The maximum absolute atomic E-state index is 6.08. The molecule has 2 N–H and O–H groups in total. The van der Waals surface area contributed by atoms with E-state index in [1.54, 1.807) is 7.11 Å². The Hall–Kier alpha value is -3.80. The second kappa shape index (κ2) is 8.52. The summed E-state index contributed by atoms with van der Waals surface area (Å²) < 4.78 is 17.1. The zero-order valence-electron chi connectivity index (χ0n) is 18.1. The van der Waals surface area contributed by atoms with Gasteiger partial charge in [-0.05, 0) is 67.8 Å². The highest BCUT2D eigenvalue weighted by atomic mass is 16.5. The Morgan fingerprint density at radius 3 is 2.61 bits per heavy atom. The standard InChI is InChI=1S/C25H25N3O3/c1-15-8-9-16(2)23(12-15)30-14-19-13-18(10-11-22(19)29-4)25-27-24(28-31-25)20-6-5-7-21(26)17(20)3/h5-13H,14,26H2,1-4H3. The highest BCUT2D eigenvalue weighted by Crippen LogP contribution is 2.30. The number of aromatic nitrogens is 2. The van der Waals surface area contributed by atoms with Gasteiger partial charge >= 0.3 is 0 Å². The van der Waals surface area contributed by atoms with Gasteiger partial charge in [-0.2, -0.15) is 4.98 Å². The third kappa shape index (κ3) is 4.23. The fourth-order valence-electron chi connectivity index (χ4n) is 3.39. The molecule has 6 heteroatoms. The third-order valence-corrected chi connectivity index (χ3v) is 5.30. The first-order valence-electron chi connectivity index (χ1n) is 10.0. The van der Waals surface area contributed by atoms with Crippen molar-refractivity contribution in [3.63, 3.8) is 0 Å². The van der Waals surface area contributed by atoms with Crippen molar-refractivity contribution in [3.05, 3.63) is 76.9 Å². The van der Waals surface area contributed by atoms with E-state index in [1.807, 2.05) is 63.2 Å². The minimum atomic E-state index is 0.358. The Bertz CT molecular complexity index is 1230. The molecule has 0 amide bonds. The third-order valence-electron chi connectivity index (χ3n) is 5.30. The first kappa shape index (κ1) is 20.5. The number of nitrogens with zero attached hydrogens (tertiary/aromatic N) is 2. The molecule has 0 aliphatic heterocycles. The van der Waals surface area contributed by atoms with Crippen LogP contribution in [0.1, 0.15) is 22.3 Å². The summed E-state index contributed by atoms with van der Waals surface area (Å²) >= 11 is 0. The van der Waals surface area contributed by atoms with Gasteiger partial charge in [-0.25, -0.2) is 0 Å². The first-order valence-corrected chi connectivity index (χ1v) is 10.0. The maximum Gasteiger partial charge on any atom is 0.258 e. The summed E-state index contributed by atoms with van der Waals surface area (Å²) in [5.74, 6) is 2.52. The van der Waals surface area contributed by atoms with E-state index in [0.717, 1.165) is 44.9 Å². The molecule has 1 aromatic heterocycles. The van der Waals surface area contributed by atoms with E-state index >= 15 is 0 Å². The van der Waals surface area contributed by atoms with E-state index in [9.17, 15) is 0 Å². The fourth-order valence-corrected chi connectivity index (χ4v) is 3.39. The lowest BCUT2D eigenvalue weighted by molar-refractivity contribution is 0.294. The van der Waals surface area contributed by atoms with Gasteiger partial charge in [0.05, 0.1) is 7.11 Å². The molecule has 4 rings (SSSR count). The van der Waals surface area contributed by atoms with E-state index in [2.05, 4.69) is 22.3 Å². The van der Waals surface area contributed by atoms with E-state index in [0.29, 0.717) is 24.0 Å². The lowest BCUT2D eigenvalue weighted by atomic mass is 10.1. The van der Waals surface area contributed by atoms with E-state index in [1.165, 1.54) is 0 Å². The largest absolute Gasteiger partial charge is 0.496 e. The molecule has 31 heavy (non-hydrogen) atoms. The molecule has 6 nitrogen and oxygen atoms in total. The monoisotopic (exact) mass is 415 g/mol. The molecule has 0 aliphatic rings. The number of nitrogens with two attached hydrogens (primary N) is 1. The van der Waals surface area contributed by atoms with Crippen LogP contribution in [0, 0.1) is 20.8 Å². The normalized spacial score (nSPS) is 10.8. The molecule has 0 saturated carbocycles. The predicted molar refractivity (Wildman–Crippen MR) is 121 cm³/mol. The summed E-state index contributed by atoms with van der Waals surface area (Å²) in [6, 6.07) is 17.5. The summed E-state index contributed by atoms with van der Waals surface area (Å²) in [5.41, 5.74) is 12.4. The summed E-state index contributed by atoms with van der Waals surface area (Å²) in [5, 5.41) is 4.15. The van der Waals surface area contributed by atoms with Crippen LogP contribution in [0.25, 0.3) is 22.8 Å². The summed E-state index contributed by atoms with van der Waals surface area (Å²) in [4.78, 5) is 4.58. The SMILES string of the molecule is COc1ccc(-c2nc(-c3cccc(N)c3C)no2)cc1COc1cc(C)ccc1C. The molecule has 158 valence electrons. The van der Waals surface area contributed by atoms with Gasteiger partial charge in [-0.3, -0.25) is 0 Å². The van der Waals surface area contributed by atoms with Crippen LogP contribution in [-0.2, 0) is 6.61 Å². The van der Waals surface area contributed by atoms with E-state index in [4.69, 9.17) is 19.7 Å². The minimum absolute atomic E-state index is 0.358. The molecular weight excluding hydrogens is 390 g/mol. The van der Waals surface area contributed by atoms with Crippen LogP contribution in [0.4, 0.5) is 5.69 Å². The van der Waals surface area contributed by atoms with Crippen molar-refractivity contribution in [2.45, 2.75) is 27.4 Å². The van der Waals surface area contributed by atoms with Gasteiger partial charge in [0.25, 0.3) is 5.89 Å².